The highest BCUT2D eigenvalue weighted by Crippen LogP contribution is 2.37. The van der Waals surface area contributed by atoms with Gasteiger partial charge in [0.25, 0.3) is 0 Å². The lowest BCUT2D eigenvalue weighted by atomic mass is 10.0. The normalized spacial score (nSPS) is 16.9. The van der Waals surface area contributed by atoms with Crippen LogP contribution in [0.3, 0.4) is 0 Å². The van der Waals surface area contributed by atoms with Crippen LogP contribution in [-0.4, -0.2) is 18.2 Å². The maximum atomic E-state index is 11.2. The zero-order valence-electron chi connectivity index (χ0n) is 9.35. The Bertz CT molecular complexity index is 365. The number of carbonyl (C=O) groups is 1. The van der Waals surface area contributed by atoms with Crippen molar-refractivity contribution in [1.29, 1.82) is 0 Å². The second kappa shape index (κ2) is 4.66. The lowest BCUT2D eigenvalue weighted by molar-refractivity contribution is 0.0600. The lowest BCUT2D eigenvalue weighted by Gasteiger charge is -2.10. The number of hydrogen-bond acceptors (Lipinski definition) is 3. The predicted molar refractivity (Wildman–Crippen MR) is 60.1 cm³/mol. The standard InChI is InChI=1S/C13H16O3/c1-16-13(15)11-6-4-10(5-7-11)12(14)8-9-2-3-9/h4-7,9,12,14H,2-3,8H2,1H3/t12-/m1/s1. The fourth-order valence-corrected chi connectivity index (χ4v) is 1.76. The molecule has 86 valence electrons. The van der Waals surface area contributed by atoms with Crippen LogP contribution in [0.25, 0.3) is 0 Å². The van der Waals surface area contributed by atoms with E-state index >= 15 is 0 Å². The lowest BCUT2D eigenvalue weighted by Crippen LogP contribution is -2.03. The number of esters is 1. The Labute approximate surface area is 95.0 Å². The third kappa shape index (κ3) is 2.61. The molecule has 1 aliphatic carbocycles. The zero-order chi connectivity index (χ0) is 11.5. The van der Waals surface area contributed by atoms with Crippen molar-refractivity contribution < 1.29 is 14.6 Å². The van der Waals surface area contributed by atoms with Crippen LogP contribution in [0.15, 0.2) is 24.3 Å². The number of carbonyl (C=O) groups excluding carboxylic acids is 1. The van der Waals surface area contributed by atoms with Gasteiger partial charge in [-0.3, -0.25) is 0 Å². The number of ether oxygens (including phenoxy) is 1. The average Bonchev–Trinajstić information content (AvgIpc) is 3.12. The molecule has 1 saturated carbocycles. The Balaban J connectivity index is 2.02. The fraction of sp³-hybridized carbons (Fsp3) is 0.462. The summed E-state index contributed by atoms with van der Waals surface area (Å²) in [5, 5.41) is 9.90. The number of hydrogen-bond donors (Lipinski definition) is 1. The number of aliphatic hydroxyl groups excluding tert-OH is 1. The molecule has 0 aromatic heterocycles. The Hall–Kier alpha value is -1.35. The van der Waals surface area contributed by atoms with Crippen LogP contribution < -0.4 is 0 Å². The third-order valence-electron chi connectivity index (χ3n) is 2.97. The summed E-state index contributed by atoms with van der Waals surface area (Å²) >= 11 is 0. The van der Waals surface area contributed by atoms with Crippen LogP contribution in [-0.2, 0) is 4.74 Å². The van der Waals surface area contributed by atoms with Crippen molar-refractivity contribution in [3.05, 3.63) is 35.4 Å². The van der Waals surface area contributed by atoms with Crippen molar-refractivity contribution in [2.45, 2.75) is 25.4 Å². The zero-order valence-corrected chi connectivity index (χ0v) is 9.35. The number of rotatable bonds is 4. The first-order valence-electron chi connectivity index (χ1n) is 5.57. The van der Waals surface area contributed by atoms with E-state index in [2.05, 4.69) is 4.74 Å². The fourth-order valence-electron chi connectivity index (χ4n) is 1.76. The molecule has 0 bridgehead atoms. The van der Waals surface area contributed by atoms with Crippen LogP contribution in [0, 0.1) is 5.92 Å². The van der Waals surface area contributed by atoms with Gasteiger partial charge in [-0.25, -0.2) is 4.79 Å². The minimum absolute atomic E-state index is 0.344. The summed E-state index contributed by atoms with van der Waals surface area (Å²) in [6.07, 6.45) is 2.89. The van der Waals surface area contributed by atoms with Gasteiger partial charge < -0.3 is 9.84 Å². The summed E-state index contributed by atoms with van der Waals surface area (Å²) in [6, 6.07) is 6.97. The van der Waals surface area contributed by atoms with Crippen molar-refractivity contribution in [2.75, 3.05) is 7.11 Å². The van der Waals surface area contributed by atoms with Gasteiger partial charge in [-0.05, 0) is 30.0 Å². The van der Waals surface area contributed by atoms with Crippen molar-refractivity contribution in [3.8, 4) is 0 Å². The minimum Gasteiger partial charge on any atom is -0.465 e. The van der Waals surface area contributed by atoms with Crippen LogP contribution in [0.4, 0.5) is 0 Å². The molecule has 3 heteroatoms. The first-order chi connectivity index (χ1) is 7.70. The van der Waals surface area contributed by atoms with Crippen LogP contribution in [0.1, 0.15) is 41.3 Å². The molecule has 0 amide bonds. The molecular formula is C13H16O3. The van der Waals surface area contributed by atoms with Crippen molar-refractivity contribution >= 4 is 5.97 Å². The SMILES string of the molecule is COC(=O)c1ccc([C@H](O)CC2CC2)cc1. The van der Waals surface area contributed by atoms with Gasteiger partial charge in [0.05, 0.1) is 18.8 Å². The van der Waals surface area contributed by atoms with Crippen molar-refractivity contribution in [3.63, 3.8) is 0 Å². The monoisotopic (exact) mass is 220 g/mol. The van der Waals surface area contributed by atoms with E-state index < -0.39 is 6.10 Å². The molecule has 0 radical (unpaired) electrons. The summed E-state index contributed by atoms with van der Waals surface area (Å²) in [7, 11) is 1.36. The van der Waals surface area contributed by atoms with Crippen LogP contribution in [0.2, 0.25) is 0 Å². The van der Waals surface area contributed by atoms with Gasteiger partial charge in [0.2, 0.25) is 0 Å². The number of benzene rings is 1. The van der Waals surface area contributed by atoms with Gasteiger partial charge in [0.15, 0.2) is 0 Å². The molecule has 1 aromatic carbocycles. The summed E-state index contributed by atoms with van der Waals surface area (Å²) in [5.74, 6) is 0.346. The molecule has 16 heavy (non-hydrogen) atoms. The molecule has 2 rings (SSSR count). The second-order valence-electron chi connectivity index (χ2n) is 4.31. The molecule has 1 fully saturated rings. The predicted octanol–water partition coefficient (Wildman–Crippen LogP) is 2.31. The Morgan fingerprint density at radius 2 is 2.06 bits per heavy atom. The van der Waals surface area contributed by atoms with E-state index in [0.29, 0.717) is 11.5 Å². The molecule has 0 saturated heterocycles. The van der Waals surface area contributed by atoms with Gasteiger partial charge in [-0.2, -0.15) is 0 Å². The highest BCUT2D eigenvalue weighted by atomic mass is 16.5. The third-order valence-corrected chi connectivity index (χ3v) is 2.97. The van der Waals surface area contributed by atoms with E-state index in [9.17, 15) is 9.90 Å². The van der Waals surface area contributed by atoms with Crippen LogP contribution in [0.5, 0.6) is 0 Å². The maximum absolute atomic E-state index is 11.2. The minimum atomic E-state index is -0.404. The molecule has 1 aliphatic rings. The maximum Gasteiger partial charge on any atom is 0.337 e. The Kier molecular flexibility index (Phi) is 3.25. The van der Waals surface area contributed by atoms with E-state index in [4.69, 9.17) is 0 Å². The van der Waals surface area contributed by atoms with Gasteiger partial charge in [-0.15, -0.1) is 0 Å². The molecule has 0 unspecified atom stereocenters. The smallest absolute Gasteiger partial charge is 0.337 e. The first kappa shape index (κ1) is 11.1. The topological polar surface area (TPSA) is 46.5 Å². The van der Waals surface area contributed by atoms with E-state index in [1.54, 1.807) is 24.3 Å². The molecule has 1 N–H and O–H groups in total. The Morgan fingerprint density at radius 3 is 2.56 bits per heavy atom. The molecular weight excluding hydrogens is 204 g/mol. The molecule has 0 spiro atoms. The van der Waals surface area contributed by atoms with Gasteiger partial charge in [-0.1, -0.05) is 25.0 Å². The second-order valence-corrected chi connectivity index (χ2v) is 4.31. The summed E-state index contributed by atoms with van der Waals surface area (Å²) in [4.78, 5) is 11.2. The highest BCUT2D eigenvalue weighted by molar-refractivity contribution is 5.89. The van der Waals surface area contributed by atoms with E-state index in [1.165, 1.54) is 20.0 Å². The quantitative estimate of drug-likeness (QED) is 0.792. The van der Waals surface area contributed by atoms with E-state index in [0.717, 1.165) is 12.0 Å². The summed E-state index contributed by atoms with van der Waals surface area (Å²) < 4.78 is 4.61. The number of aliphatic hydroxyl groups is 1. The first-order valence-corrected chi connectivity index (χ1v) is 5.57. The van der Waals surface area contributed by atoms with Gasteiger partial charge in [0, 0.05) is 0 Å². The summed E-state index contributed by atoms with van der Waals surface area (Å²) in [6.45, 7) is 0. The van der Waals surface area contributed by atoms with E-state index in [-0.39, 0.29) is 5.97 Å². The molecule has 3 nitrogen and oxygen atoms in total. The molecule has 0 heterocycles. The van der Waals surface area contributed by atoms with Crippen molar-refractivity contribution in [2.24, 2.45) is 5.92 Å². The molecule has 1 aromatic rings. The van der Waals surface area contributed by atoms with Gasteiger partial charge >= 0.3 is 5.97 Å². The van der Waals surface area contributed by atoms with Gasteiger partial charge in [0.1, 0.15) is 0 Å². The largest absolute Gasteiger partial charge is 0.465 e. The number of methoxy groups -OCH3 is 1. The van der Waals surface area contributed by atoms with Crippen molar-refractivity contribution in [1.82, 2.24) is 0 Å². The average molecular weight is 220 g/mol. The van der Waals surface area contributed by atoms with Crippen LogP contribution >= 0.6 is 0 Å². The highest BCUT2D eigenvalue weighted by Gasteiger charge is 2.25. The van der Waals surface area contributed by atoms with E-state index in [1.807, 2.05) is 0 Å². The molecule has 0 aliphatic heterocycles. The Morgan fingerprint density at radius 1 is 1.44 bits per heavy atom. The summed E-state index contributed by atoms with van der Waals surface area (Å²) in [5.41, 5.74) is 1.39. The molecule has 1 atom stereocenters.